The van der Waals surface area contributed by atoms with E-state index in [-0.39, 0.29) is 17.5 Å². The fourth-order valence-corrected chi connectivity index (χ4v) is 1.87. The van der Waals surface area contributed by atoms with Gasteiger partial charge in [-0.3, -0.25) is 10.1 Å². The van der Waals surface area contributed by atoms with Gasteiger partial charge in [-0.15, -0.1) is 0 Å². The summed E-state index contributed by atoms with van der Waals surface area (Å²) in [4.78, 5) is 10.1. The van der Waals surface area contributed by atoms with Gasteiger partial charge in [0.15, 0.2) is 5.75 Å². The van der Waals surface area contributed by atoms with Gasteiger partial charge in [0.2, 0.25) is 0 Å². The molecule has 0 spiro atoms. The molecule has 1 saturated heterocycles. The number of aromatic hydroxyl groups is 1. The Labute approximate surface area is 86.9 Å². The van der Waals surface area contributed by atoms with Crippen LogP contribution < -0.4 is 5.32 Å². The van der Waals surface area contributed by atoms with E-state index in [2.05, 4.69) is 5.32 Å². The van der Waals surface area contributed by atoms with Crippen molar-refractivity contribution in [2.45, 2.75) is 18.9 Å². The van der Waals surface area contributed by atoms with Gasteiger partial charge in [-0.1, -0.05) is 6.07 Å². The maximum atomic E-state index is 10.6. The Hall–Kier alpha value is -1.62. The van der Waals surface area contributed by atoms with Crippen molar-refractivity contribution in [2.24, 2.45) is 0 Å². The third-order valence-corrected chi connectivity index (χ3v) is 2.66. The summed E-state index contributed by atoms with van der Waals surface area (Å²) in [5.41, 5.74) is 0.651. The molecule has 0 aromatic heterocycles. The number of hydrogen-bond donors (Lipinski definition) is 2. The number of nitro groups is 1. The zero-order valence-electron chi connectivity index (χ0n) is 8.14. The highest BCUT2D eigenvalue weighted by Crippen LogP contribution is 2.31. The number of phenols is 1. The number of hydrogen-bond acceptors (Lipinski definition) is 4. The maximum Gasteiger partial charge on any atom is 0.311 e. The Balaban J connectivity index is 2.33. The van der Waals surface area contributed by atoms with E-state index >= 15 is 0 Å². The molecule has 1 aliphatic heterocycles. The molecule has 1 aromatic carbocycles. The summed E-state index contributed by atoms with van der Waals surface area (Å²) < 4.78 is 0. The van der Waals surface area contributed by atoms with Crippen LogP contribution in [0.3, 0.4) is 0 Å². The van der Waals surface area contributed by atoms with Gasteiger partial charge in [-0.05, 0) is 31.0 Å². The predicted molar refractivity (Wildman–Crippen MR) is 54.7 cm³/mol. The van der Waals surface area contributed by atoms with Gasteiger partial charge in [0.1, 0.15) is 0 Å². The number of nitrogens with zero attached hydrogens (tertiary/aromatic N) is 1. The van der Waals surface area contributed by atoms with Crippen molar-refractivity contribution in [3.05, 3.63) is 33.9 Å². The third-order valence-electron chi connectivity index (χ3n) is 2.66. The average molecular weight is 208 g/mol. The van der Waals surface area contributed by atoms with Crippen LogP contribution in [0.25, 0.3) is 0 Å². The lowest BCUT2D eigenvalue weighted by Crippen LogP contribution is -2.12. The number of nitrogens with one attached hydrogen (secondary N) is 1. The van der Waals surface area contributed by atoms with Gasteiger partial charge in [-0.2, -0.15) is 0 Å². The molecule has 5 nitrogen and oxygen atoms in total. The largest absolute Gasteiger partial charge is 0.502 e. The standard InChI is InChI=1S/C10H12N2O3/c13-10-4-3-7(6-9(10)12(14)15)8-2-1-5-11-8/h3-4,6,8,11,13H,1-2,5H2. The quantitative estimate of drug-likeness (QED) is 0.573. The first-order valence-electron chi connectivity index (χ1n) is 4.89. The van der Waals surface area contributed by atoms with Gasteiger partial charge < -0.3 is 10.4 Å². The molecule has 0 saturated carbocycles. The smallest absolute Gasteiger partial charge is 0.311 e. The zero-order chi connectivity index (χ0) is 10.8. The van der Waals surface area contributed by atoms with Crippen molar-refractivity contribution in [3.63, 3.8) is 0 Å². The average Bonchev–Trinajstić information content (AvgIpc) is 2.71. The molecule has 1 aromatic rings. The maximum absolute atomic E-state index is 10.6. The fraction of sp³-hybridized carbons (Fsp3) is 0.400. The monoisotopic (exact) mass is 208 g/mol. The first kappa shape index (κ1) is 9.92. The Morgan fingerprint density at radius 3 is 2.93 bits per heavy atom. The van der Waals surface area contributed by atoms with Crippen LogP contribution in [0.1, 0.15) is 24.4 Å². The van der Waals surface area contributed by atoms with Crippen molar-refractivity contribution in [2.75, 3.05) is 6.54 Å². The van der Waals surface area contributed by atoms with Crippen LogP contribution >= 0.6 is 0 Å². The van der Waals surface area contributed by atoms with Gasteiger partial charge in [0.05, 0.1) is 4.92 Å². The van der Waals surface area contributed by atoms with Crippen molar-refractivity contribution in [3.8, 4) is 5.75 Å². The summed E-state index contributed by atoms with van der Waals surface area (Å²) in [5.74, 6) is -0.276. The molecule has 1 fully saturated rings. The molecule has 2 rings (SSSR count). The van der Waals surface area contributed by atoms with Crippen molar-refractivity contribution in [1.82, 2.24) is 5.32 Å². The van der Waals surface area contributed by atoms with Crippen molar-refractivity contribution in [1.29, 1.82) is 0 Å². The highest BCUT2D eigenvalue weighted by atomic mass is 16.6. The minimum Gasteiger partial charge on any atom is -0.502 e. The molecule has 0 amide bonds. The van der Waals surface area contributed by atoms with E-state index in [4.69, 9.17) is 0 Å². The summed E-state index contributed by atoms with van der Waals surface area (Å²) in [6, 6.07) is 4.74. The Morgan fingerprint density at radius 2 is 2.33 bits per heavy atom. The minimum atomic E-state index is -0.562. The molecule has 0 radical (unpaired) electrons. The van der Waals surface area contributed by atoms with E-state index in [1.807, 2.05) is 0 Å². The molecular weight excluding hydrogens is 196 g/mol. The van der Waals surface area contributed by atoms with Crippen LogP contribution in [0.5, 0.6) is 5.75 Å². The molecule has 1 unspecified atom stereocenters. The summed E-state index contributed by atoms with van der Waals surface area (Å²) in [7, 11) is 0. The second-order valence-corrected chi connectivity index (χ2v) is 3.65. The van der Waals surface area contributed by atoms with E-state index in [1.165, 1.54) is 12.1 Å². The van der Waals surface area contributed by atoms with Crippen molar-refractivity contribution >= 4 is 5.69 Å². The lowest BCUT2D eigenvalue weighted by atomic mass is 10.0. The normalized spacial score (nSPS) is 20.4. The van der Waals surface area contributed by atoms with Crippen LogP contribution in [0.2, 0.25) is 0 Å². The molecule has 5 heteroatoms. The molecule has 1 aliphatic rings. The predicted octanol–water partition coefficient (Wildman–Crippen LogP) is 1.72. The van der Waals surface area contributed by atoms with E-state index in [9.17, 15) is 15.2 Å². The molecular formula is C10H12N2O3. The topological polar surface area (TPSA) is 75.4 Å². The molecule has 2 N–H and O–H groups in total. The number of benzene rings is 1. The first-order valence-corrected chi connectivity index (χ1v) is 4.89. The van der Waals surface area contributed by atoms with E-state index in [1.54, 1.807) is 6.07 Å². The molecule has 1 heterocycles. The molecule has 1 atom stereocenters. The number of nitro benzene ring substituents is 1. The Kier molecular flexibility index (Phi) is 2.55. The van der Waals surface area contributed by atoms with E-state index in [0.717, 1.165) is 24.9 Å². The van der Waals surface area contributed by atoms with Gasteiger partial charge in [0.25, 0.3) is 0 Å². The zero-order valence-corrected chi connectivity index (χ0v) is 8.14. The highest BCUT2D eigenvalue weighted by molar-refractivity contribution is 5.48. The SMILES string of the molecule is O=[N+]([O-])c1cc(C2CCCN2)ccc1O. The van der Waals surface area contributed by atoms with Crippen LogP contribution in [0.4, 0.5) is 5.69 Å². The lowest BCUT2D eigenvalue weighted by Gasteiger charge is -2.10. The van der Waals surface area contributed by atoms with Crippen molar-refractivity contribution < 1.29 is 10.0 Å². The minimum absolute atomic E-state index is 0.185. The fourth-order valence-electron chi connectivity index (χ4n) is 1.87. The number of phenolic OH excluding ortho intramolecular Hbond substituents is 1. The van der Waals surface area contributed by atoms with Crippen LogP contribution in [-0.4, -0.2) is 16.6 Å². The van der Waals surface area contributed by atoms with Gasteiger partial charge >= 0.3 is 5.69 Å². The van der Waals surface area contributed by atoms with Gasteiger partial charge in [-0.25, -0.2) is 0 Å². The Bertz CT molecular complexity index is 386. The second kappa shape index (κ2) is 3.86. The van der Waals surface area contributed by atoms with E-state index in [0.29, 0.717) is 0 Å². The Morgan fingerprint density at radius 1 is 1.53 bits per heavy atom. The molecule has 0 aliphatic carbocycles. The summed E-state index contributed by atoms with van der Waals surface area (Å²) in [5, 5.41) is 23.2. The van der Waals surface area contributed by atoms with Crippen LogP contribution in [0.15, 0.2) is 18.2 Å². The highest BCUT2D eigenvalue weighted by Gasteiger charge is 2.20. The van der Waals surface area contributed by atoms with Crippen LogP contribution in [-0.2, 0) is 0 Å². The van der Waals surface area contributed by atoms with Gasteiger partial charge in [0, 0.05) is 12.1 Å². The summed E-state index contributed by atoms with van der Waals surface area (Å²) in [6.45, 7) is 0.944. The lowest BCUT2D eigenvalue weighted by molar-refractivity contribution is -0.385. The summed E-state index contributed by atoms with van der Waals surface area (Å²) in [6.07, 6.45) is 2.07. The first-order chi connectivity index (χ1) is 7.18. The summed E-state index contributed by atoms with van der Waals surface area (Å²) >= 11 is 0. The van der Waals surface area contributed by atoms with E-state index < -0.39 is 4.92 Å². The number of rotatable bonds is 2. The molecule has 80 valence electrons. The van der Waals surface area contributed by atoms with Crippen LogP contribution in [0, 0.1) is 10.1 Å². The molecule has 15 heavy (non-hydrogen) atoms. The second-order valence-electron chi connectivity index (χ2n) is 3.65. The molecule has 0 bridgehead atoms. The third kappa shape index (κ3) is 1.92.